The summed E-state index contributed by atoms with van der Waals surface area (Å²) < 4.78 is 25.3. The lowest BCUT2D eigenvalue weighted by Crippen LogP contribution is -2.40. The van der Waals surface area contributed by atoms with Crippen LogP contribution in [0.3, 0.4) is 0 Å². The van der Waals surface area contributed by atoms with Crippen LogP contribution in [0.1, 0.15) is 47.7 Å². The molecule has 8 rings (SSSR count). The Balaban J connectivity index is 1.09. The molecule has 10 N–H and O–H groups in total. The van der Waals surface area contributed by atoms with Crippen LogP contribution in [0.25, 0.3) is 11.2 Å². The molecule has 3 aromatic carbocycles. The van der Waals surface area contributed by atoms with E-state index in [1.807, 2.05) is 29.2 Å². The van der Waals surface area contributed by atoms with E-state index in [1.54, 1.807) is 34.9 Å². The lowest BCUT2D eigenvalue weighted by Gasteiger charge is -2.22. The van der Waals surface area contributed by atoms with Crippen LogP contribution >= 0.6 is 0 Å². The zero-order chi connectivity index (χ0) is 41.4. The third kappa shape index (κ3) is 8.31. The van der Waals surface area contributed by atoms with E-state index >= 15 is 0 Å². The predicted molar refractivity (Wildman–Crippen MR) is 213 cm³/mol. The molecule has 5 atom stereocenters. The second kappa shape index (κ2) is 16.1. The van der Waals surface area contributed by atoms with Gasteiger partial charge in [-0.05, 0) is 66.4 Å². The number of fused-ring (bicyclic) bond motifs is 1. The summed E-state index contributed by atoms with van der Waals surface area (Å²) in [5.74, 6) is 0.647. The second-order valence-electron chi connectivity index (χ2n) is 14.6. The Morgan fingerprint density at radius 1 is 0.949 bits per heavy atom. The van der Waals surface area contributed by atoms with Gasteiger partial charge in [0.1, 0.15) is 35.4 Å². The van der Waals surface area contributed by atoms with Crippen molar-refractivity contribution in [2.24, 2.45) is 5.14 Å². The van der Waals surface area contributed by atoms with Gasteiger partial charge in [-0.15, -0.1) is 0 Å². The Morgan fingerprint density at radius 3 is 2.31 bits per heavy atom. The maximum Gasteiger partial charge on any atom is 0.319 e. The summed E-state index contributed by atoms with van der Waals surface area (Å²) in [6, 6.07) is 17.0. The highest BCUT2D eigenvalue weighted by atomic mass is 32.2. The van der Waals surface area contributed by atoms with Crippen molar-refractivity contribution in [3.05, 3.63) is 102 Å². The minimum atomic E-state index is -3.97. The fourth-order valence-corrected chi connectivity index (χ4v) is 8.21. The van der Waals surface area contributed by atoms with Crippen molar-refractivity contribution in [3.8, 4) is 11.5 Å². The standard InChI is InChI=1S/C38H42N12O8S/c39-59(57,58)28-3-1-2-23(14-28)43-38(56)44-24-12-13-48(18-24)37-45-35(40-17-29(21-4-8-26(52)9-5-21)22-6-10-27(53)11-7-22)32-36(46-37)49(20-41-32)30-15-31(34(55)33(30)54)50-42-16-25(19-51)47-50/h1-11,14,16,20,24,29-31,33-34,51-55H,12-13,15,17-19H2,(H2,39,57,58)(H,40,45,46)(H2,43,44,56)/t24-,30-,31+,33+,34-/m1/s1. The van der Waals surface area contributed by atoms with Crippen molar-refractivity contribution < 1.29 is 38.7 Å². The first kappa shape index (κ1) is 39.4. The van der Waals surface area contributed by atoms with Crippen molar-refractivity contribution in [1.82, 2.24) is 39.8 Å². The lowest BCUT2D eigenvalue weighted by molar-refractivity contribution is 0.00491. The molecule has 1 saturated heterocycles. The zero-order valence-electron chi connectivity index (χ0n) is 31.3. The summed E-state index contributed by atoms with van der Waals surface area (Å²) in [6.07, 6.45) is 1.17. The number of carbonyl (C=O) groups is 1. The molecule has 0 spiro atoms. The fourth-order valence-electron chi connectivity index (χ4n) is 7.65. The van der Waals surface area contributed by atoms with Crippen LogP contribution < -0.4 is 26.0 Å². The average molecular weight is 827 g/mol. The molecule has 6 aromatic rings. The van der Waals surface area contributed by atoms with Gasteiger partial charge in [-0.3, -0.25) is 0 Å². The summed E-state index contributed by atoms with van der Waals surface area (Å²) in [5.41, 5.74) is 3.09. The molecule has 4 heterocycles. The quantitative estimate of drug-likeness (QED) is 0.0846. The smallest absolute Gasteiger partial charge is 0.319 e. The molecule has 2 fully saturated rings. The molecule has 21 heteroatoms. The number of rotatable bonds is 12. The van der Waals surface area contributed by atoms with Crippen molar-refractivity contribution in [2.75, 3.05) is 35.2 Å². The van der Waals surface area contributed by atoms with Crippen LogP contribution in [0.5, 0.6) is 11.5 Å². The maximum atomic E-state index is 13.0. The van der Waals surface area contributed by atoms with Gasteiger partial charge in [0, 0.05) is 37.3 Å². The molecule has 2 amide bonds. The fraction of sp³-hybridized carbons (Fsp3) is 0.316. The molecular weight excluding hydrogens is 785 g/mol. The van der Waals surface area contributed by atoms with Gasteiger partial charge in [-0.1, -0.05) is 30.3 Å². The van der Waals surface area contributed by atoms with Gasteiger partial charge in [0.15, 0.2) is 17.0 Å². The number of phenols is 2. The molecule has 0 unspecified atom stereocenters. The number of aliphatic hydroxyl groups is 3. The molecule has 1 aliphatic carbocycles. The number of aromatic hydroxyl groups is 2. The molecular formula is C38H42N12O8S. The topological polar surface area (TPSA) is 292 Å². The zero-order valence-corrected chi connectivity index (χ0v) is 32.1. The van der Waals surface area contributed by atoms with Gasteiger partial charge >= 0.3 is 6.03 Å². The normalized spacial score (nSPS) is 20.7. The van der Waals surface area contributed by atoms with Gasteiger partial charge in [0.25, 0.3) is 0 Å². The summed E-state index contributed by atoms with van der Waals surface area (Å²) in [5, 5.41) is 74.8. The predicted octanol–water partition coefficient (Wildman–Crippen LogP) is 1.52. The summed E-state index contributed by atoms with van der Waals surface area (Å²) in [7, 11) is -3.97. The number of phenolic OH excluding ortho intramolecular Hbond substituents is 2. The number of primary sulfonamides is 1. The van der Waals surface area contributed by atoms with Gasteiger partial charge < -0.3 is 51.0 Å². The van der Waals surface area contributed by atoms with Gasteiger partial charge in [0.05, 0.1) is 30.1 Å². The third-order valence-electron chi connectivity index (χ3n) is 10.7. The number of hydrogen-bond donors (Lipinski definition) is 9. The minimum Gasteiger partial charge on any atom is -0.508 e. The highest BCUT2D eigenvalue weighted by molar-refractivity contribution is 7.89. The molecule has 0 bridgehead atoms. The van der Waals surface area contributed by atoms with Crippen molar-refractivity contribution in [1.29, 1.82) is 0 Å². The molecule has 3 aromatic heterocycles. The number of imidazole rings is 1. The van der Waals surface area contributed by atoms with E-state index in [0.717, 1.165) is 11.1 Å². The second-order valence-corrected chi connectivity index (χ2v) is 16.1. The number of amides is 2. The molecule has 59 heavy (non-hydrogen) atoms. The number of aliphatic hydroxyl groups excluding tert-OH is 3. The van der Waals surface area contributed by atoms with Crippen LogP contribution in [0, 0.1) is 0 Å². The number of carbonyl (C=O) groups excluding carboxylic acids is 1. The SMILES string of the molecule is NS(=O)(=O)c1cccc(NC(=O)N[C@@H]2CCN(c3nc(NCC(c4ccc(O)cc4)c4ccc(O)cc4)c4ncn([C@@H]5C[C@H](n6ncc(CO)n6)[C@@H](O)[C@H]5O)c4n3)C2)c1. The highest BCUT2D eigenvalue weighted by Gasteiger charge is 2.45. The maximum absolute atomic E-state index is 13.0. The number of urea groups is 1. The average Bonchev–Trinajstić information content (AvgIpc) is 4.03. The first-order valence-electron chi connectivity index (χ1n) is 18.7. The summed E-state index contributed by atoms with van der Waals surface area (Å²) in [4.78, 5) is 30.6. The molecule has 0 radical (unpaired) electrons. The van der Waals surface area contributed by atoms with E-state index in [-0.39, 0.29) is 47.1 Å². The van der Waals surface area contributed by atoms with Gasteiger partial charge in [-0.25, -0.2) is 23.3 Å². The number of nitrogens with two attached hydrogens (primary N) is 1. The Morgan fingerprint density at radius 2 is 1.64 bits per heavy atom. The summed E-state index contributed by atoms with van der Waals surface area (Å²) >= 11 is 0. The molecule has 1 aliphatic heterocycles. The van der Waals surface area contributed by atoms with E-state index in [0.29, 0.717) is 54.7 Å². The highest BCUT2D eigenvalue weighted by Crippen LogP contribution is 2.40. The van der Waals surface area contributed by atoms with Crippen LogP contribution in [0.15, 0.2) is 90.2 Å². The van der Waals surface area contributed by atoms with Crippen molar-refractivity contribution in [3.63, 3.8) is 0 Å². The number of anilines is 3. The third-order valence-corrected chi connectivity index (χ3v) is 11.6. The van der Waals surface area contributed by atoms with Crippen LogP contribution in [-0.4, -0.2) is 112 Å². The van der Waals surface area contributed by atoms with E-state index < -0.39 is 40.3 Å². The number of sulfonamides is 1. The largest absolute Gasteiger partial charge is 0.508 e. The number of hydrogen-bond acceptors (Lipinski definition) is 15. The molecule has 1 saturated carbocycles. The van der Waals surface area contributed by atoms with Crippen LogP contribution in [-0.2, 0) is 16.6 Å². The molecule has 20 nitrogen and oxygen atoms in total. The molecule has 308 valence electrons. The first-order chi connectivity index (χ1) is 28.3. The van der Waals surface area contributed by atoms with E-state index in [2.05, 4.69) is 31.1 Å². The van der Waals surface area contributed by atoms with Crippen LogP contribution in [0.2, 0.25) is 0 Å². The van der Waals surface area contributed by atoms with Crippen molar-refractivity contribution in [2.45, 2.75) is 60.6 Å². The summed E-state index contributed by atoms with van der Waals surface area (Å²) in [6.45, 7) is 0.747. The minimum absolute atomic E-state index is 0.115. The monoisotopic (exact) mass is 826 g/mol. The first-order valence-corrected chi connectivity index (χ1v) is 20.3. The molecule has 2 aliphatic rings. The van der Waals surface area contributed by atoms with E-state index in [4.69, 9.17) is 15.1 Å². The number of nitrogens with one attached hydrogen (secondary N) is 3. The lowest BCUT2D eigenvalue weighted by atomic mass is 9.91. The van der Waals surface area contributed by atoms with Crippen LogP contribution in [0.4, 0.5) is 22.2 Å². The van der Waals surface area contributed by atoms with Crippen molar-refractivity contribution >= 4 is 44.7 Å². The Hall–Kier alpha value is -6.39. The van der Waals surface area contributed by atoms with Gasteiger partial charge in [-0.2, -0.15) is 25.0 Å². The Labute approximate surface area is 337 Å². The Bertz CT molecular complexity index is 2520. The Kier molecular flexibility index (Phi) is 10.8. The van der Waals surface area contributed by atoms with E-state index in [1.165, 1.54) is 35.5 Å². The number of aromatic nitrogens is 7. The van der Waals surface area contributed by atoms with E-state index in [9.17, 15) is 38.7 Å². The number of benzene rings is 3. The van der Waals surface area contributed by atoms with Gasteiger partial charge in [0.2, 0.25) is 16.0 Å². The number of nitrogens with zero attached hydrogens (tertiary/aromatic N) is 8.